The molecule has 1 unspecified atom stereocenters. The van der Waals surface area contributed by atoms with Gasteiger partial charge < -0.3 is 5.73 Å². The fourth-order valence-electron chi connectivity index (χ4n) is 1.28. The Labute approximate surface area is 78.6 Å². The lowest BCUT2D eigenvalue weighted by molar-refractivity contribution is 0.515. The zero-order valence-corrected chi connectivity index (χ0v) is 8.82. The average molecular weight is 183 g/mol. The van der Waals surface area contributed by atoms with E-state index in [1.165, 1.54) is 9.75 Å². The van der Waals surface area contributed by atoms with Gasteiger partial charge in [0.2, 0.25) is 0 Å². The lowest BCUT2D eigenvalue weighted by Crippen LogP contribution is -2.11. The second kappa shape index (κ2) is 4.06. The van der Waals surface area contributed by atoms with Gasteiger partial charge in [0, 0.05) is 15.8 Å². The Morgan fingerprint density at radius 3 is 2.50 bits per heavy atom. The van der Waals surface area contributed by atoms with Crippen LogP contribution in [0.3, 0.4) is 0 Å². The fourth-order valence-corrected chi connectivity index (χ4v) is 2.17. The molecule has 68 valence electrons. The molecule has 0 aliphatic carbocycles. The van der Waals surface area contributed by atoms with Gasteiger partial charge in [0.1, 0.15) is 0 Å². The molecule has 0 saturated carbocycles. The van der Waals surface area contributed by atoms with Crippen LogP contribution in [-0.4, -0.2) is 0 Å². The molecular formula is C10H17NS. The summed E-state index contributed by atoms with van der Waals surface area (Å²) in [6.45, 7) is 6.54. The summed E-state index contributed by atoms with van der Waals surface area (Å²) in [5.74, 6) is 0.683. The van der Waals surface area contributed by atoms with Crippen molar-refractivity contribution in [2.75, 3.05) is 0 Å². The van der Waals surface area contributed by atoms with Gasteiger partial charge in [-0.1, -0.05) is 13.8 Å². The Kier molecular flexibility index (Phi) is 3.29. The van der Waals surface area contributed by atoms with E-state index in [1.807, 2.05) is 11.3 Å². The first-order chi connectivity index (χ1) is 5.59. The Hall–Kier alpha value is -0.340. The van der Waals surface area contributed by atoms with Gasteiger partial charge in [0.15, 0.2) is 0 Å². The van der Waals surface area contributed by atoms with Crippen molar-refractivity contribution in [2.45, 2.75) is 33.2 Å². The number of hydrogen-bond donors (Lipinski definition) is 1. The van der Waals surface area contributed by atoms with Crippen LogP contribution in [0.25, 0.3) is 0 Å². The number of aryl methyl sites for hydroxylation is 1. The second-order valence-electron chi connectivity index (χ2n) is 3.68. The lowest BCUT2D eigenvalue weighted by Gasteiger charge is -2.11. The standard InChI is InChI=1S/C10H17NS/c1-7(2)6-9(11)10-5-4-8(3)12-10/h4-5,7,9H,6,11H2,1-3H3. The average Bonchev–Trinajstić information content (AvgIpc) is 2.34. The highest BCUT2D eigenvalue weighted by atomic mass is 32.1. The van der Waals surface area contributed by atoms with Gasteiger partial charge >= 0.3 is 0 Å². The van der Waals surface area contributed by atoms with E-state index in [4.69, 9.17) is 5.73 Å². The van der Waals surface area contributed by atoms with Crippen LogP contribution < -0.4 is 5.73 Å². The molecule has 2 N–H and O–H groups in total. The third kappa shape index (κ3) is 2.61. The summed E-state index contributed by atoms with van der Waals surface area (Å²) in [6.07, 6.45) is 1.08. The van der Waals surface area contributed by atoms with E-state index in [0.29, 0.717) is 5.92 Å². The van der Waals surface area contributed by atoms with Crippen LogP contribution in [0.5, 0.6) is 0 Å². The Morgan fingerprint density at radius 1 is 1.42 bits per heavy atom. The van der Waals surface area contributed by atoms with Crippen molar-refractivity contribution in [1.29, 1.82) is 0 Å². The van der Waals surface area contributed by atoms with Gasteiger partial charge in [-0.2, -0.15) is 0 Å². The monoisotopic (exact) mass is 183 g/mol. The molecule has 1 aromatic heterocycles. The first-order valence-corrected chi connectivity index (χ1v) is 5.23. The summed E-state index contributed by atoms with van der Waals surface area (Å²) in [7, 11) is 0. The maximum Gasteiger partial charge on any atom is 0.0392 e. The predicted octanol–water partition coefficient (Wildman–Crippen LogP) is 3.10. The third-order valence-corrected chi connectivity index (χ3v) is 2.98. The molecule has 1 aromatic rings. The lowest BCUT2D eigenvalue weighted by atomic mass is 10.0. The van der Waals surface area contributed by atoms with Crippen LogP contribution in [0.4, 0.5) is 0 Å². The van der Waals surface area contributed by atoms with Crippen molar-refractivity contribution in [3.05, 3.63) is 21.9 Å². The maximum absolute atomic E-state index is 6.02. The zero-order valence-electron chi connectivity index (χ0n) is 8.00. The van der Waals surface area contributed by atoms with E-state index in [-0.39, 0.29) is 6.04 Å². The molecule has 0 fully saturated rings. The maximum atomic E-state index is 6.02. The smallest absolute Gasteiger partial charge is 0.0392 e. The van der Waals surface area contributed by atoms with Crippen LogP contribution in [-0.2, 0) is 0 Å². The highest BCUT2D eigenvalue weighted by Crippen LogP contribution is 2.25. The van der Waals surface area contributed by atoms with Crippen molar-refractivity contribution >= 4 is 11.3 Å². The summed E-state index contributed by atoms with van der Waals surface area (Å²) < 4.78 is 0. The van der Waals surface area contributed by atoms with E-state index < -0.39 is 0 Å². The molecule has 0 aromatic carbocycles. The number of nitrogens with two attached hydrogens (primary N) is 1. The summed E-state index contributed by atoms with van der Waals surface area (Å²) >= 11 is 1.81. The third-order valence-electron chi connectivity index (χ3n) is 1.85. The van der Waals surface area contributed by atoms with E-state index in [2.05, 4.69) is 32.9 Å². The largest absolute Gasteiger partial charge is 0.323 e. The SMILES string of the molecule is Cc1ccc(C(N)CC(C)C)s1. The highest BCUT2D eigenvalue weighted by molar-refractivity contribution is 7.12. The minimum atomic E-state index is 0.240. The quantitative estimate of drug-likeness (QED) is 0.765. The predicted molar refractivity (Wildman–Crippen MR) is 55.4 cm³/mol. The van der Waals surface area contributed by atoms with Gasteiger partial charge in [0.25, 0.3) is 0 Å². The molecule has 0 amide bonds. The van der Waals surface area contributed by atoms with Crippen molar-refractivity contribution < 1.29 is 0 Å². The molecule has 1 atom stereocenters. The van der Waals surface area contributed by atoms with Crippen molar-refractivity contribution in [2.24, 2.45) is 11.7 Å². The molecule has 0 bridgehead atoms. The van der Waals surface area contributed by atoms with Crippen molar-refractivity contribution in [1.82, 2.24) is 0 Å². The van der Waals surface area contributed by atoms with Gasteiger partial charge in [-0.3, -0.25) is 0 Å². The zero-order chi connectivity index (χ0) is 9.14. The number of rotatable bonds is 3. The van der Waals surface area contributed by atoms with Crippen LogP contribution in [0.15, 0.2) is 12.1 Å². The number of hydrogen-bond acceptors (Lipinski definition) is 2. The summed E-state index contributed by atoms with van der Waals surface area (Å²) in [4.78, 5) is 2.67. The summed E-state index contributed by atoms with van der Waals surface area (Å²) in [5, 5.41) is 0. The van der Waals surface area contributed by atoms with Crippen molar-refractivity contribution in [3.63, 3.8) is 0 Å². The van der Waals surface area contributed by atoms with Gasteiger partial charge in [-0.15, -0.1) is 11.3 Å². The van der Waals surface area contributed by atoms with E-state index in [1.54, 1.807) is 0 Å². The number of thiophene rings is 1. The minimum Gasteiger partial charge on any atom is -0.323 e. The Morgan fingerprint density at radius 2 is 2.08 bits per heavy atom. The fraction of sp³-hybridized carbons (Fsp3) is 0.600. The molecule has 1 heterocycles. The molecule has 12 heavy (non-hydrogen) atoms. The first-order valence-electron chi connectivity index (χ1n) is 4.41. The van der Waals surface area contributed by atoms with Crippen molar-refractivity contribution in [3.8, 4) is 0 Å². The molecule has 1 nitrogen and oxygen atoms in total. The highest BCUT2D eigenvalue weighted by Gasteiger charge is 2.09. The summed E-state index contributed by atoms with van der Waals surface area (Å²) in [6, 6.07) is 4.52. The second-order valence-corrected chi connectivity index (χ2v) is 5.00. The Bertz CT molecular complexity index is 240. The molecule has 0 radical (unpaired) electrons. The van der Waals surface area contributed by atoms with Gasteiger partial charge in [0.05, 0.1) is 0 Å². The van der Waals surface area contributed by atoms with Gasteiger partial charge in [-0.25, -0.2) is 0 Å². The van der Waals surface area contributed by atoms with Crippen LogP contribution in [0, 0.1) is 12.8 Å². The van der Waals surface area contributed by atoms with E-state index in [0.717, 1.165) is 6.42 Å². The molecule has 0 aliphatic heterocycles. The summed E-state index contributed by atoms with van der Waals surface area (Å²) in [5.41, 5.74) is 6.02. The van der Waals surface area contributed by atoms with Crippen LogP contribution in [0.2, 0.25) is 0 Å². The van der Waals surface area contributed by atoms with Gasteiger partial charge in [-0.05, 0) is 31.4 Å². The molecule has 0 saturated heterocycles. The van der Waals surface area contributed by atoms with Crippen LogP contribution in [0.1, 0.15) is 36.1 Å². The molecule has 1 rings (SSSR count). The topological polar surface area (TPSA) is 26.0 Å². The molecule has 2 heteroatoms. The normalized spacial score (nSPS) is 13.8. The van der Waals surface area contributed by atoms with E-state index >= 15 is 0 Å². The van der Waals surface area contributed by atoms with E-state index in [9.17, 15) is 0 Å². The minimum absolute atomic E-state index is 0.240. The molecule has 0 aliphatic rings. The molecular weight excluding hydrogens is 166 g/mol. The first kappa shape index (κ1) is 9.75. The Balaban J connectivity index is 2.58. The molecule has 0 spiro atoms. The van der Waals surface area contributed by atoms with Crippen LogP contribution >= 0.6 is 11.3 Å².